The van der Waals surface area contributed by atoms with Crippen molar-refractivity contribution < 1.29 is 4.79 Å². The Labute approximate surface area is 118 Å². The molecule has 17 heavy (non-hydrogen) atoms. The lowest BCUT2D eigenvalue weighted by atomic mass is 10.2. The Kier molecular flexibility index (Phi) is 4.56. The number of nitrogens with one attached hydrogen (secondary N) is 1. The van der Waals surface area contributed by atoms with Crippen LogP contribution in [-0.2, 0) is 6.42 Å². The van der Waals surface area contributed by atoms with Crippen LogP contribution in [0.25, 0.3) is 0 Å². The second kappa shape index (κ2) is 6.16. The molecule has 1 heterocycles. The van der Waals surface area contributed by atoms with Crippen LogP contribution < -0.4 is 5.32 Å². The van der Waals surface area contributed by atoms with Gasteiger partial charge in [0.15, 0.2) is 0 Å². The summed E-state index contributed by atoms with van der Waals surface area (Å²) in [5, 5.41) is 4.97. The van der Waals surface area contributed by atoms with E-state index in [2.05, 4.69) is 39.4 Å². The highest BCUT2D eigenvalue weighted by molar-refractivity contribution is 14.1. The molecule has 2 nitrogen and oxygen atoms in total. The molecular weight excluding hydrogens is 345 g/mol. The van der Waals surface area contributed by atoms with Crippen LogP contribution in [0.2, 0.25) is 0 Å². The predicted molar refractivity (Wildman–Crippen MR) is 79.5 cm³/mol. The zero-order chi connectivity index (χ0) is 12.1. The van der Waals surface area contributed by atoms with Gasteiger partial charge in [0, 0.05) is 20.6 Å². The normalized spacial score (nSPS) is 10.2. The quantitative estimate of drug-likeness (QED) is 0.836. The van der Waals surface area contributed by atoms with Gasteiger partial charge in [-0.2, -0.15) is 0 Å². The van der Waals surface area contributed by atoms with Crippen molar-refractivity contribution in [2.24, 2.45) is 0 Å². The smallest absolute Gasteiger partial charge is 0.251 e. The molecule has 88 valence electrons. The zero-order valence-corrected chi connectivity index (χ0v) is 12.1. The van der Waals surface area contributed by atoms with Crippen molar-refractivity contribution >= 4 is 39.8 Å². The maximum absolute atomic E-state index is 11.8. The Morgan fingerprint density at radius 3 is 2.65 bits per heavy atom. The third-order valence-corrected chi connectivity index (χ3v) is 4.00. The van der Waals surface area contributed by atoms with E-state index in [1.165, 1.54) is 4.88 Å². The van der Waals surface area contributed by atoms with Crippen molar-refractivity contribution in [3.63, 3.8) is 0 Å². The predicted octanol–water partition coefficient (Wildman–Crippen LogP) is 3.33. The summed E-state index contributed by atoms with van der Waals surface area (Å²) < 4.78 is 1.14. The van der Waals surface area contributed by atoms with Gasteiger partial charge in [0.2, 0.25) is 0 Å². The highest BCUT2D eigenvalue weighted by Crippen LogP contribution is 2.09. The van der Waals surface area contributed by atoms with Crippen LogP contribution in [0.5, 0.6) is 0 Å². The van der Waals surface area contributed by atoms with Crippen LogP contribution in [-0.4, -0.2) is 12.5 Å². The maximum Gasteiger partial charge on any atom is 0.251 e. The summed E-state index contributed by atoms with van der Waals surface area (Å²) >= 11 is 3.95. The van der Waals surface area contributed by atoms with E-state index in [1.54, 1.807) is 11.3 Å². The van der Waals surface area contributed by atoms with Gasteiger partial charge in [-0.25, -0.2) is 0 Å². The lowest BCUT2D eigenvalue weighted by Gasteiger charge is -2.04. The Balaban J connectivity index is 1.83. The van der Waals surface area contributed by atoms with Crippen molar-refractivity contribution in [2.45, 2.75) is 6.42 Å². The molecule has 1 amide bonds. The van der Waals surface area contributed by atoms with E-state index in [0.29, 0.717) is 6.54 Å². The minimum Gasteiger partial charge on any atom is -0.352 e. The zero-order valence-electron chi connectivity index (χ0n) is 9.15. The van der Waals surface area contributed by atoms with Crippen LogP contribution in [0.1, 0.15) is 15.2 Å². The molecule has 0 aliphatic carbocycles. The number of hydrogen-bond donors (Lipinski definition) is 1. The second-order valence-electron chi connectivity index (χ2n) is 3.59. The standard InChI is InChI=1S/C13H12INOS/c14-11-5-3-10(4-6-11)13(16)15-8-7-12-2-1-9-17-12/h1-6,9H,7-8H2,(H,15,16). The molecule has 2 rings (SSSR count). The fourth-order valence-electron chi connectivity index (χ4n) is 1.46. The molecule has 0 unspecified atom stereocenters. The molecule has 0 bridgehead atoms. The van der Waals surface area contributed by atoms with Crippen LogP contribution in [0.3, 0.4) is 0 Å². The first-order chi connectivity index (χ1) is 8.25. The molecule has 2 aromatic rings. The molecule has 1 N–H and O–H groups in total. The van der Waals surface area contributed by atoms with Crippen molar-refractivity contribution in [1.29, 1.82) is 0 Å². The highest BCUT2D eigenvalue weighted by atomic mass is 127. The number of thiophene rings is 1. The topological polar surface area (TPSA) is 29.1 Å². The largest absolute Gasteiger partial charge is 0.352 e. The number of halogens is 1. The van der Waals surface area contributed by atoms with Gasteiger partial charge in [0.1, 0.15) is 0 Å². The van der Waals surface area contributed by atoms with E-state index in [1.807, 2.05) is 30.3 Å². The first kappa shape index (κ1) is 12.6. The highest BCUT2D eigenvalue weighted by Gasteiger charge is 2.04. The number of hydrogen-bond acceptors (Lipinski definition) is 2. The van der Waals surface area contributed by atoms with Crippen molar-refractivity contribution in [3.05, 3.63) is 55.8 Å². The summed E-state index contributed by atoms with van der Waals surface area (Å²) in [6.45, 7) is 0.686. The van der Waals surface area contributed by atoms with E-state index in [4.69, 9.17) is 0 Å². The van der Waals surface area contributed by atoms with Crippen molar-refractivity contribution in [1.82, 2.24) is 5.32 Å². The van der Waals surface area contributed by atoms with E-state index in [0.717, 1.165) is 15.6 Å². The molecule has 0 fully saturated rings. The van der Waals surface area contributed by atoms with E-state index >= 15 is 0 Å². The monoisotopic (exact) mass is 357 g/mol. The molecule has 0 aliphatic rings. The van der Waals surface area contributed by atoms with E-state index in [9.17, 15) is 4.79 Å². The summed E-state index contributed by atoms with van der Waals surface area (Å²) in [5.41, 5.74) is 0.719. The molecule has 0 saturated carbocycles. The van der Waals surface area contributed by atoms with Crippen LogP contribution in [0, 0.1) is 3.57 Å². The third kappa shape index (κ3) is 3.81. The molecule has 4 heteroatoms. The summed E-state index contributed by atoms with van der Waals surface area (Å²) in [4.78, 5) is 13.1. The second-order valence-corrected chi connectivity index (χ2v) is 5.87. The van der Waals surface area contributed by atoms with Crippen LogP contribution in [0.15, 0.2) is 41.8 Å². The molecule has 0 aliphatic heterocycles. The number of benzene rings is 1. The minimum absolute atomic E-state index is 0.00189. The first-order valence-electron chi connectivity index (χ1n) is 5.32. The Bertz CT molecular complexity index is 479. The lowest BCUT2D eigenvalue weighted by Crippen LogP contribution is -2.25. The number of rotatable bonds is 4. The Morgan fingerprint density at radius 2 is 2.00 bits per heavy atom. The fourth-order valence-corrected chi connectivity index (χ4v) is 2.53. The molecular formula is C13H12INOS. The van der Waals surface area contributed by atoms with Gasteiger partial charge < -0.3 is 5.32 Å². The SMILES string of the molecule is O=C(NCCc1cccs1)c1ccc(I)cc1. The third-order valence-electron chi connectivity index (χ3n) is 2.34. The molecule has 0 saturated heterocycles. The van der Waals surface area contributed by atoms with Crippen molar-refractivity contribution in [2.75, 3.05) is 6.54 Å². The summed E-state index contributed by atoms with van der Waals surface area (Å²) in [6, 6.07) is 11.7. The number of amides is 1. The maximum atomic E-state index is 11.8. The Morgan fingerprint density at radius 1 is 1.24 bits per heavy atom. The number of carbonyl (C=O) groups is 1. The Hall–Kier alpha value is -0.880. The van der Waals surface area contributed by atoms with Crippen LogP contribution >= 0.6 is 33.9 Å². The molecule has 1 aromatic carbocycles. The summed E-state index contributed by atoms with van der Waals surface area (Å²) in [5.74, 6) is -0.00189. The fraction of sp³-hybridized carbons (Fsp3) is 0.154. The van der Waals surface area contributed by atoms with E-state index in [-0.39, 0.29) is 5.91 Å². The lowest BCUT2D eigenvalue weighted by molar-refractivity contribution is 0.0954. The molecule has 0 spiro atoms. The summed E-state index contributed by atoms with van der Waals surface area (Å²) in [7, 11) is 0. The molecule has 0 radical (unpaired) electrons. The van der Waals surface area contributed by atoms with Gasteiger partial charge in [0.25, 0.3) is 5.91 Å². The average Bonchev–Trinajstić information content (AvgIpc) is 2.83. The van der Waals surface area contributed by atoms with Gasteiger partial charge in [-0.1, -0.05) is 6.07 Å². The van der Waals surface area contributed by atoms with Gasteiger partial charge in [-0.05, 0) is 64.7 Å². The number of carbonyl (C=O) groups excluding carboxylic acids is 1. The van der Waals surface area contributed by atoms with Gasteiger partial charge in [0.05, 0.1) is 0 Å². The van der Waals surface area contributed by atoms with E-state index < -0.39 is 0 Å². The average molecular weight is 357 g/mol. The van der Waals surface area contributed by atoms with Gasteiger partial charge in [-0.15, -0.1) is 11.3 Å². The first-order valence-corrected chi connectivity index (χ1v) is 7.28. The molecule has 0 atom stereocenters. The van der Waals surface area contributed by atoms with Gasteiger partial charge in [-0.3, -0.25) is 4.79 Å². The molecule has 1 aromatic heterocycles. The van der Waals surface area contributed by atoms with Crippen molar-refractivity contribution in [3.8, 4) is 0 Å². The van der Waals surface area contributed by atoms with Gasteiger partial charge >= 0.3 is 0 Å². The summed E-state index contributed by atoms with van der Waals surface area (Å²) in [6.07, 6.45) is 0.897. The minimum atomic E-state index is -0.00189. The van der Waals surface area contributed by atoms with Crippen LogP contribution in [0.4, 0.5) is 0 Å².